The van der Waals surface area contributed by atoms with Crippen LogP contribution in [0.3, 0.4) is 0 Å². The van der Waals surface area contributed by atoms with Crippen LogP contribution in [-0.4, -0.2) is 74.0 Å². The van der Waals surface area contributed by atoms with Crippen LogP contribution >= 0.6 is 0 Å². The predicted molar refractivity (Wildman–Crippen MR) is 144 cm³/mol. The van der Waals surface area contributed by atoms with E-state index < -0.39 is 0 Å². The maximum atomic E-state index is 11.9. The van der Waals surface area contributed by atoms with Crippen molar-refractivity contribution < 1.29 is 9.59 Å². The van der Waals surface area contributed by atoms with E-state index in [1.165, 1.54) is 64.2 Å². The molecule has 0 bridgehead atoms. The number of nitrogens with zero attached hydrogens (tertiary/aromatic N) is 2. The van der Waals surface area contributed by atoms with E-state index in [0.717, 1.165) is 78.0 Å². The van der Waals surface area contributed by atoms with Gasteiger partial charge < -0.3 is 20.4 Å². The van der Waals surface area contributed by atoms with Gasteiger partial charge in [0.05, 0.1) is 0 Å². The molecule has 0 unspecified atom stereocenters. The average Bonchev–Trinajstić information content (AvgIpc) is 2.85. The molecule has 1 aliphatic heterocycles. The Balaban J connectivity index is 1.90. The van der Waals surface area contributed by atoms with Gasteiger partial charge in [-0.3, -0.25) is 9.59 Å². The minimum absolute atomic E-state index is 0.222. The van der Waals surface area contributed by atoms with Crippen LogP contribution in [-0.2, 0) is 9.59 Å². The molecule has 1 aliphatic rings. The van der Waals surface area contributed by atoms with E-state index in [9.17, 15) is 9.59 Å². The van der Waals surface area contributed by atoms with E-state index in [1.807, 2.05) is 0 Å². The zero-order valence-corrected chi connectivity index (χ0v) is 22.7. The fourth-order valence-electron chi connectivity index (χ4n) is 4.61. The van der Waals surface area contributed by atoms with Gasteiger partial charge in [0.1, 0.15) is 0 Å². The first-order valence-corrected chi connectivity index (χ1v) is 14.6. The van der Waals surface area contributed by atoms with E-state index >= 15 is 0 Å². The second kappa shape index (κ2) is 22.3. The number of hydrogen-bond acceptors (Lipinski definition) is 4. The van der Waals surface area contributed by atoms with Gasteiger partial charge in [-0.25, -0.2) is 0 Å². The monoisotopic (exact) mass is 480 g/mol. The lowest BCUT2D eigenvalue weighted by molar-refractivity contribution is -0.122. The summed E-state index contributed by atoms with van der Waals surface area (Å²) in [4.78, 5) is 28.9. The Hall–Kier alpha value is -1.14. The highest BCUT2D eigenvalue weighted by Crippen LogP contribution is 2.08. The van der Waals surface area contributed by atoms with Crippen LogP contribution in [0.1, 0.15) is 117 Å². The molecular weight excluding hydrogens is 424 g/mol. The molecule has 2 N–H and O–H groups in total. The van der Waals surface area contributed by atoms with Crippen LogP contribution in [0.5, 0.6) is 0 Å². The van der Waals surface area contributed by atoms with Crippen molar-refractivity contribution in [1.29, 1.82) is 0 Å². The van der Waals surface area contributed by atoms with Crippen molar-refractivity contribution in [3.8, 4) is 0 Å². The summed E-state index contributed by atoms with van der Waals surface area (Å²) < 4.78 is 0. The van der Waals surface area contributed by atoms with Crippen LogP contribution in [0.25, 0.3) is 0 Å². The third kappa shape index (κ3) is 18.2. The summed E-state index contributed by atoms with van der Waals surface area (Å²) in [6, 6.07) is 0. The standard InChI is InChI=1S/C28H56N4O2/c1-3-5-7-9-11-13-17-27(33)29-19-15-21-31-23-25-32(26-24-31)22-16-20-30-28(34)18-14-12-10-8-6-4-2/h3-26H2,1-2H3,(H,29,33)(H,30,34). The second-order valence-corrected chi connectivity index (χ2v) is 10.1. The molecule has 0 aliphatic carbocycles. The number of piperazine rings is 1. The van der Waals surface area contributed by atoms with Crippen molar-refractivity contribution >= 4 is 11.8 Å². The molecule has 2 amide bonds. The van der Waals surface area contributed by atoms with E-state index in [1.54, 1.807) is 0 Å². The maximum absolute atomic E-state index is 11.9. The second-order valence-electron chi connectivity index (χ2n) is 10.1. The van der Waals surface area contributed by atoms with Gasteiger partial charge in [0, 0.05) is 52.1 Å². The van der Waals surface area contributed by atoms with Gasteiger partial charge in [0.2, 0.25) is 11.8 Å². The summed E-state index contributed by atoms with van der Waals surface area (Å²) in [5, 5.41) is 6.18. The molecule has 1 saturated heterocycles. The first-order valence-electron chi connectivity index (χ1n) is 14.6. The summed E-state index contributed by atoms with van der Waals surface area (Å²) in [5.41, 5.74) is 0. The van der Waals surface area contributed by atoms with Gasteiger partial charge >= 0.3 is 0 Å². The van der Waals surface area contributed by atoms with Crippen molar-refractivity contribution in [1.82, 2.24) is 20.4 Å². The SMILES string of the molecule is CCCCCCCCC(=O)NCCCN1CCN(CCCNC(=O)CCCCCCCC)CC1. The minimum Gasteiger partial charge on any atom is -0.356 e. The number of carbonyl (C=O) groups excluding carboxylic acids is 2. The molecule has 0 saturated carbocycles. The highest BCUT2D eigenvalue weighted by atomic mass is 16.2. The van der Waals surface area contributed by atoms with Gasteiger partial charge in [-0.15, -0.1) is 0 Å². The molecule has 0 aromatic carbocycles. The van der Waals surface area contributed by atoms with Crippen LogP contribution in [0, 0.1) is 0 Å². The lowest BCUT2D eigenvalue weighted by Gasteiger charge is -2.34. The quantitative estimate of drug-likeness (QED) is 0.211. The Kier molecular flexibility index (Phi) is 20.3. The minimum atomic E-state index is 0.222. The Bertz CT molecular complexity index is 449. The van der Waals surface area contributed by atoms with Crippen LogP contribution in [0.4, 0.5) is 0 Å². The largest absolute Gasteiger partial charge is 0.356 e. The normalized spacial score (nSPS) is 14.9. The molecule has 1 rings (SSSR count). The molecule has 200 valence electrons. The number of carbonyl (C=O) groups is 2. The summed E-state index contributed by atoms with van der Waals surface area (Å²) >= 11 is 0. The van der Waals surface area contributed by atoms with Crippen molar-refractivity contribution in [2.24, 2.45) is 0 Å². The lowest BCUT2D eigenvalue weighted by Crippen LogP contribution is -2.47. The molecule has 0 aromatic heterocycles. The van der Waals surface area contributed by atoms with Crippen LogP contribution < -0.4 is 10.6 Å². The van der Waals surface area contributed by atoms with Gasteiger partial charge in [-0.2, -0.15) is 0 Å². The number of rotatable bonds is 22. The molecule has 6 heteroatoms. The zero-order valence-electron chi connectivity index (χ0n) is 22.7. The lowest BCUT2D eigenvalue weighted by atomic mass is 10.1. The van der Waals surface area contributed by atoms with E-state index in [-0.39, 0.29) is 11.8 Å². The highest BCUT2D eigenvalue weighted by Gasteiger charge is 2.16. The van der Waals surface area contributed by atoms with Crippen molar-refractivity contribution in [2.45, 2.75) is 117 Å². The van der Waals surface area contributed by atoms with Crippen molar-refractivity contribution in [2.75, 3.05) is 52.4 Å². The summed E-state index contributed by atoms with van der Waals surface area (Å²) in [5.74, 6) is 0.443. The molecule has 0 spiro atoms. The van der Waals surface area contributed by atoms with Gasteiger partial charge in [-0.1, -0.05) is 78.1 Å². The third-order valence-corrected chi connectivity index (χ3v) is 6.93. The Morgan fingerprint density at radius 2 is 0.882 bits per heavy atom. The predicted octanol–water partition coefficient (Wildman–Crippen LogP) is 5.12. The van der Waals surface area contributed by atoms with Crippen LogP contribution in [0.15, 0.2) is 0 Å². The van der Waals surface area contributed by atoms with Crippen molar-refractivity contribution in [3.63, 3.8) is 0 Å². The topological polar surface area (TPSA) is 64.7 Å². The van der Waals surface area contributed by atoms with Gasteiger partial charge in [0.25, 0.3) is 0 Å². The zero-order chi connectivity index (χ0) is 24.7. The third-order valence-electron chi connectivity index (χ3n) is 6.93. The first kappa shape index (κ1) is 30.9. The molecule has 0 aromatic rings. The van der Waals surface area contributed by atoms with Gasteiger partial charge in [-0.05, 0) is 38.8 Å². The number of unbranched alkanes of at least 4 members (excludes halogenated alkanes) is 10. The van der Waals surface area contributed by atoms with Crippen LogP contribution in [0.2, 0.25) is 0 Å². The summed E-state index contributed by atoms with van der Waals surface area (Å²) in [6.07, 6.45) is 18.2. The Morgan fingerprint density at radius 1 is 0.529 bits per heavy atom. The fourth-order valence-corrected chi connectivity index (χ4v) is 4.61. The highest BCUT2D eigenvalue weighted by molar-refractivity contribution is 5.76. The molecule has 0 atom stereocenters. The molecule has 1 fully saturated rings. The summed E-state index contributed by atoms with van der Waals surface area (Å²) in [6.45, 7) is 12.6. The van der Waals surface area contributed by atoms with E-state index in [0.29, 0.717) is 12.8 Å². The number of nitrogens with one attached hydrogen (secondary N) is 2. The van der Waals surface area contributed by atoms with E-state index in [4.69, 9.17) is 0 Å². The average molecular weight is 481 g/mol. The first-order chi connectivity index (χ1) is 16.7. The van der Waals surface area contributed by atoms with E-state index in [2.05, 4.69) is 34.3 Å². The number of hydrogen-bond donors (Lipinski definition) is 2. The fraction of sp³-hybridized carbons (Fsp3) is 0.929. The van der Waals surface area contributed by atoms with Crippen molar-refractivity contribution in [3.05, 3.63) is 0 Å². The molecular formula is C28H56N4O2. The molecule has 0 radical (unpaired) electrons. The Morgan fingerprint density at radius 3 is 1.26 bits per heavy atom. The summed E-state index contributed by atoms with van der Waals surface area (Å²) in [7, 11) is 0. The smallest absolute Gasteiger partial charge is 0.219 e. The number of amides is 2. The molecule has 1 heterocycles. The maximum Gasteiger partial charge on any atom is 0.219 e. The van der Waals surface area contributed by atoms with Gasteiger partial charge in [0.15, 0.2) is 0 Å². The Labute approximate surface area is 211 Å². The molecule has 6 nitrogen and oxygen atoms in total. The molecule has 34 heavy (non-hydrogen) atoms.